The van der Waals surface area contributed by atoms with Crippen molar-refractivity contribution < 1.29 is 4.92 Å². The fraction of sp³-hybridized carbons (Fsp3) is 0.0625. The third-order valence-corrected chi connectivity index (χ3v) is 3.40. The Kier molecular flexibility index (Phi) is 3.13. The third kappa shape index (κ3) is 2.47. The van der Waals surface area contributed by atoms with Crippen molar-refractivity contribution in [3.8, 4) is 6.07 Å². The summed E-state index contributed by atoms with van der Waals surface area (Å²) in [4.78, 5) is 10.5. The number of fused-ring (bicyclic) bond motifs is 1. The van der Waals surface area contributed by atoms with E-state index < -0.39 is 4.92 Å². The maximum Gasteiger partial charge on any atom is 0.271 e. The lowest BCUT2D eigenvalue weighted by Crippen LogP contribution is -1.98. The summed E-state index contributed by atoms with van der Waals surface area (Å²) in [5, 5.41) is 20.6. The van der Waals surface area contributed by atoms with E-state index in [1.807, 2.05) is 29.0 Å². The Morgan fingerprint density at radius 3 is 2.57 bits per heavy atom. The molecule has 0 N–H and O–H groups in total. The Bertz CT molecular complexity index is 857. The molecule has 0 aliphatic carbocycles. The van der Waals surface area contributed by atoms with E-state index in [-0.39, 0.29) is 5.69 Å². The minimum Gasteiger partial charge on any atom is -0.343 e. The molecule has 0 saturated carbocycles. The van der Waals surface area contributed by atoms with Crippen LogP contribution in [-0.4, -0.2) is 9.49 Å². The van der Waals surface area contributed by atoms with Crippen LogP contribution in [-0.2, 0) is 6.54 Å². The number of aromatic nitrogens is 1. The summed E-state index contributed by atoms with van der Waals surface area (Å²) in [7, 11) is 0. The normalized spacial score (nSPS) is 10.4. The van der Waals surface area contributed by atoms with Gasteiger partial charge in [0.05, 0.1) is 22.1 Å². The highest BCUT2D eigenvalue weighted by molar-refractivity contribution is 5.82. The predicted octanol–water partition coefficient (Wildman–Crippen LogP) is 3.47. The Balaban J connectivity index is 1.98. The van der Waals surface area contributed by atoms with Crippen molar-refractivity contribution in [2.45, 2.75) is 6.54 Å². The van der Waals surface area contributed by atoms with Gasteiger partial charge in [-0.25, -0.2) is 0 Å². The van der Waals surface area contributed by atoms with Gasteiger partial charge >= 0.3 is 0 Å². The maximum atomic E-state index is 10.9. The lowest BCUT2D eigenvalue weighted by atomic mass is 10.1. The molecule has 0 saturated heterocycles. The van der Waals surface area contributed by atoms with E-state index >= 15 is 0 Å². The Morgan fingerprint density at radius 2 is 1.90 bits per heavy atom. The number of hydrogen-bond acceptors (Lipinski definition) is 3. The molecule has 2 aromatic carbocycles. The van der Waals surface area contributed by atoms with E-state index in [2.05, 4.69) is 6.07 Å². The highest BCUT2D eigenvalue weighted by Gasteiger charge is 2.09. The zero-order chi connectivity index (χ0) is 14.8. The minimum atomic E-state index is -0.390. The van der Waals surface area contributed by atoms with Crippen LogP contribution in [0.1, 0.15) is 11.1 Å². The van der Waals surface area contributed by atoms with E-state index in [1.54, 1.807) is 24.3 Å². The van der Waals surface area contributed by atoms with Crippen molar-refractivity contribution in [2.24, 2.45) is 0 Å². The van der Waals surface area contributed by atoms with Crippen LogP contribution in [0.25, 0.3) is 10.9 Å². The lowest BCUT2D eigenvalue weighted by Gasteiger charge is -2.06. The molecule has 0 radical (unpaired) electrons. The molecule has 0 unspecified atom stereocenters. The first-order valence-electron chi connectivity index (χ1n) is 6.40. The number of benzene rings is 2. The molecule has 5 nitrogen and oxygen atoms in total. The molecular formula is C16H11N3O2. The fourth-order valence-corrected chi connectivity index (χ4v) is 2.31. The molecule has 0 fully saturated rings. The van der Waals surface area contributed by atoms with Crippen LogP contribution in [0.3, 0.4) is 0 Å². The highest BCUT2D eigenvalue weighted by atomic mass is 16.6. The Morgan fingerprint density at radius 1 is 1.14 bits per heavy atom. The van der Waals surface area contributed by atoms with Crippen molar-refractivity contribution >= 4 is 16.6 Å². The largest absolute Gasteiger partial charge is 0.343 e. The van der Waals surface area contributed by atoms with Gasteiger partial charge in [0.25, 0.3) is 5.69 Å². The molecular weight excluding hydrogens is 266 g/mol. The highest BCUT2D eigenvalue weighted by Crippen LogP contribution is 2.22. The SMILES string of the molecule is N#Cc1ccc(Cn2ccc3ccc([N+](=O)[O-])cc32)cc1. The zero-order valence-electron chi connectivity index (χ0n) is 11.1. The molecule has 1 aromatic heterocycles. The maximum absolute atomic E-state index is 10.9. The standard InChI is InChI=1S/C16H11N3O2/c17-10-12-1-3-13(4-2-12)11-18-8-7-14-5-6-15(19(20)21)9-16(14)18/h1-9H,11H2. The number of non-ortho nitro benzene ring substituents is 1. The summed E-state index contributed by atoms with van der Waals surface area (Å²) in [5.41, 5.74) is 2.57. The van der Waals surface area contributed by atoms with E-state index in [0.29, 0.717) is 12.1 Å². The molecule has 5 heteroatoms. The molecule has 0 aliphatic rings. The molecule has 1 heterocycles. The quantitative estimate of drug-likeness (QED) is 0.543. The average Bonchev–Trinajstić information content (AvgIpc) is 2.90. The van der Waals surface area contributed by atoms with Gasteiger partial charge in [-0.15, -0.1) is 0 Å². The van der Waals surface area contributed by atoms with Crippen LogP contribution in [0.5, 0.6) is 0 Å². The van der Waals surface area contributed by atoms with Gasteiger partial charge in [-0.2, -0.15) is 5.26 Å². The molecule has 0 bridgehead atoms. The topological polar surface area (TPSA) is 71.9 Å². The summed E-state index contributed by atoms with van der Waals surface area (Å²) in [6, 6.07) is 16.2. The number of hydrogen-bond donors (Lipinski definition) is 0. The van der Waals surface area contributed by atoms with Gasteiger partial charge in [0.15, 0.2) is 0 Å². The second-order valence-electron chi connectivity index (χ2n) is 4.75. The number of nitro benzene ring substituents is 1. The first-order valence-corrected chi connectivity index (χ1v) is 6.40. The molecule has 0 aliphatic heterocycles. The van der Waals surface area contributed by atoms with Gasteiger partial charge in [-0.05, 0) is 29.8 Å². The summed E-state index contributed by atoms with van der Waals surface area (Å²) >= 11 is 0. The first kappa shape index (κ1) is 12.9. The van der Waals surface area contributed by atoms with Crippen LogP contribution in [0.4, 0.5) is 5.69 Å². The smallest absolute Gasteiger partial charge is 0.271 e. The van der Waals surface area contributed by atoms with Gasteiger partial charge < -0.3 is 4.57 Å². The van der Waals surface area contributed by atoms with Crippen molar-refractivity contribution in [1.29, 1.82) is 5.26 Å². The first-order chi connectivity index (χ1) is 10.2. The van der Waals surface area contributed by atoms with Crippen molar-refractivity contribution in [2.75, 3.05) is 0 Å². The van der Waals surface area contributed by atoms with Gasteiger partial charge in [-0.3, -0.25) is 10.1 Å². The monoisotopic (exact) mass is 277 g/mol. The lowest BCUT2D eigenvalue weighted by molar-refractivity contribution is -0.384. The van der Waals surface area contributed by atoms with Crippen molar-refractivity contribution in [1.82, 2.24) is 4.57 Å². The number of nitriles is 1. The second kappa shape index (κ2) is 5.10. The molecule has 102 valence electrons. The minimum absolute atomic E-state index is 0.0854. The fourth-order valence-electron chi connectivity index (χ4n) is 2.31. The number of rotatable bonds is 3. The molecule has 0 spiro atoms. The van der Waals surface area contributed by atoms with Crippen LogP contribution < -0.4 is 0 Å². The molecule has 0 atom stereocenters. The van der Waals surface area contributed by atoms with Crippen molar-refractivity contribution in [3.63, 3.8) is 0 Å². The average molecular weight is 277 g/mol. The van der Waals surface area contributed by atoms with Crippen LogP contribution in [0.15, 0.2) is 54.7 Å². The predicted molar refractivity (Wildman–Crippen MR) is 78.9 cm³/mol. The van der Waals surface area contributed by atoms with Gasteiger partial charge in [-0.1, -0.05) is 12.1 Å². The van der Waals surface area contributed by atoms with Crippen LogP contribution in [0, 0.1) is 21.4 Å². The van der Waals surface area contributed by atoms with Crippen LogP contribution >= 0.6 is 0 Å². The summed E-state index contributed by atoms with van der Waals surface area (Å²) in [6.45, 7) is 0.608. The van der Waals surface area contributed by atoms with E-state index in [4.69, 9.17) is 5.26 Å². The summed E-state index contributed by atoms with van der Waals surface area (Å²) in [5.74, 6) is 0. The summed E-state index contributed by atoms with van der Waals surface area (Å²) < 4.78 is 1.96. The molecule has 21 heavy (non-hydrogen) atoms. The number of nitrogens with zero attached hydrogens (tertiary/aromatic N) is 3. The number of nitro groups is 1. The molecule has 0 amide bonds. The van der Waals surface area contributed by atoms with Gasteiger partial charge in [0, 0.05) is 30.3 Å². The van der Waals surface area contributed by atoms with E-state index in [9.17, 15) is 10.1 Å². The zero-order valence-corrected chi connectivity index (χ0v) is 11.1. The van der Waals surface area contributed by atoms with Gasteiger partial charge in [0.2, 0.25) is 0 Å². The molecule has 3 aromatic rings. The van der Waals surface area contributed by atoms with Gasteiger partial charge in [0.1, 0.15) is 0 Å². The second-order valence-corrected chi connectivity index (χ2v) is 4.75. The van der Waals surface area contributed by atoms with E-state index in [0.717, 1.165) is 16.5 Å². The van der Waals surface area contributed by atoms with Crippen molar-refractivity contribution in [3.05, 3.63) is 76.0 Å². The van der Waals surface area contributed by atoms with Crippen LogP contribution in [0.2, 0.25) is 0 Å². The summed E-state index contributed by atoms with van der Waals surface area (Å²) in [6.07, 6.45) is 1.91. The Labute approximate surface area is 120 Å². The third-order valence-electron chi connectivity index (χ3n) is 3.40. The Hall–Kier alpha value is -3.13. The molecule has 3 rings (SSSR count). The van der Waals surface area contributed by atoms with E-state index in [1.165, 1.54) is 6.07 Å².